The Balaban J connectivity index is 0.000000153. The van der Waals surface area contributed by atoms with Crippen molar-refractivity contribution in [3.05, 3.63) is 180 Å². The molecule has 98 heavy (non-hydrogen) atoms. The lowest BCUT2D eigenvalue weighted by molar-refractivity contribution is 0.0686. The van der Waals surface area contributed by atoms with Gasteiger partial charge in [-0.2, -0.15) is 10.5 Å². The van der Waals surface area contributed by atoms with Crippen LogP contribution in [-0.2, 0) is 0 Å². The molecule has 0 unspecified atom stereocenters. The van der Waals surface area contributed by atoms with Crippen LogP contribution in [0.25, 0.3) is 0 Å². The first-order valence-electron chi connectivity index (χ1n) is 36.3. The second-order valence-corrected chi connectivity index (χ2v) is 26.7. The van der Waals surface area contributed by atoms with Crippen LogP contribution >= 0.6 is 0 Å². The van der Waals surface area contributed by atoms with Crippen LogP contribution in [-0.4, -0.2) is 82.2 Å². The van der Waals surface area contributed by atoms with Gasteiger partial charge in [-0.25, -0.2) is 29.6 Å². The predicted octanol–water partition coefficient (Wildman–Crippen LogP) is 18.2. The minimum atomic E-state index is -0.958. The largest absolute Gasteiger partial charge is 0.478 e. The first-order chi connectivity index (χ1) is 48.1. The lowest BCUT2D eigenvalue weighted by atomic mass is 9.95. The highest BCUT2D eigenvalue weighted by Gasteiger charge is 2.22. The fourth-order valence-electron chi connectivity index (χ4n) is 13.4. The Labute approximate surface area is 580 Å². The van der Waals surface area contributed by atoms with Crippen LogP contribution in [0.15, 0.2) is 178 Å². The topological polar surface area (TPSA) is 268 Å². The summed E-state index contributed by atoms with van der Waals surface area (Å²) in [6.45, 7) is 0. The highest BCUT2D eigenvalue weighted by molar-refractivity contribution is 6.05. The lowest BCUT2D eigenvalue weighted by Crippen LogP contribution is -2.41. The quantitative estimate of drug-likeness (QED) is 0.0359. The van der Waals surface area contributed by atoms with Crippen LogP contribution < -0.4 is 42.5 Å². The molecule has 0 atom stereocenters. The smallest absolute Gasteiger partial charge is 0.335 e. The predicted molar refractivity (Wildman–Crippen MR) is 400 cm³/mol. The lowest BCUT2D eigenvalue weighted by Gasteiger charge is -2.27. The SMILES string of the molecule is N#Cc1ccc(NC(=NC2CCCCC2)NC2CCCCC2)cc1.N#Cc1ccc(NC(=NC2CCCCC2)NC2CCCCC2)cc1.O=C(O)c1ccc(N=C(Nc2ccccc2)Nc2ccccc2)cc1.O=C(O)c1ccc(NC(=NC2CCCCC2)NC2CCCCC2)cc1. The molecule has 0 saturated heterocycles. The number of carbonyl (C=O) groups is 2. The molecule has 6 aromatic carbocycles. The maximum absolute atomic E-state index is 11.0. The third-order valence-corrected chi connectivity index (χ3v) is 18.9. The molecule has 6 aromatic rings. The van der Waals surface area contributed by atoms with Crippen molar-refractivity contribution in [3.63, 3.8) is 0 Å². The van der Waals surface area contributed by atoms with E-state index in [2.05, 4.69) is 59.7 Å². The van der Waals surface area contributed by atoms with Crippen molar-refractivity contribution in [2.45, 2.75) is 229 Å². The van der Waals surface area contributed by atoms with E-state index >= 15 is 0 Å². The van der Waals surface area contributed by atoms with Crippen LogP contribution in [0.1, 0.15) is 224 Å². The van der Waals surface area contributed by atoms with Gasteiger partial charge in [0.05, 0.1) is 58.2 Å². The number of carboxylic acid groups (broad SMARTS) is 2. The van der Waals surface area contributed by atoms with E-state index in [-0.39, 0.29) is 5.56 Å². The normalized spacial score (nSPS) is 17.7. The molecule has 0 aromatic heterocycles. The number of rotatable bonds is 14. The zero-order chi connectivity index (χ0) is 68.2. The number of aromatic carboxylic acids is 2. The molecule has 18 heteroatoms. The number of nitrogens with one attached hydrogen (secondary N) is 8. The third kappa shape index (κ3) is 26.4. The standard InChI is InChI=1S/2C20H28N4.C20H29N3O2.C20H17N3O2/c2*21-15-16-11-13-19(14-12-16)24-20(22-17-7-3-1-4-8-17)23-18-9-5-2-6-10-18;2*24-19(25)15-11-13-18(14-12-15)23-20(21-16-7-3-1-4-8-16)22-17-9-5-2-6-10-17/h2*11-14,17-18H,1-10H2,(H2,22,23,24);11-14,16-17H,1-10H2,(H,24,25)(H2,21,22,23);1-14H,(H,24,25)(H2,21,22,23). The molecule has 18 nitrogen and oxygen atoms in total. The summed E-state index contributed by atoms with van der Waals surface area (Å²) in [7, 11) is 0. The molecule has 6 aliphatic carbocycles. The molecule has 0 heterocycles. The van der Waals surface area contributed by atoms with Crippen molar-refractivity contribution in [1.82, 2.24) is 16.0 Å². The molecular formula is C80H102N14O4. The number of hydrogen-bond donors (Lipinski definition) is 10. The van der Waals surface area contributed by atoms with Gasteiger partial charge in [0.1, 0.15) is 0 Å². The molecule has 6 saturated carbocycles. The minimum Gasteiger partial charge on any atom is -0.478 e. The van der Waals surface area contributed by atoms with Crippen LogP contribution in [0.4, 0.5) is 34.1 Å². The number of nitriles is 2. The Morgan fingerprint density at radius 3 is 0.857 bits per heavy atom. The number of hydrogen-bond acceptors (Lipinski definition) is 8. The Kier molecular flexibility index (Phi) is 30.2. The van der Waals surface area contributed by atoms with E-state index in [0.29, 0.717) is 64.6 Å². The second kappa shape index (κ2) is 40.8. The molecule has 0 bridgehead atoms. The van der Waals surface area contributed by atoms with Crippen molar-refractivity contribution >= 4 is 69.9 Å². The van der Waals surface area contributed by atoms with Crippen LogP contribution in [0.2, 0.25) is 0 Å². The van der Waals surface area contributed by atoms with Gasteiger partial charge in [-0.1, -0.05) is 152 Å². The van der Waals surface area contributed by atoms with E-state index in [1.807, 2.05) is 121 Å². The summed E-state index contributed by atoms with van der Waals surface area (Å²) in [4.78, 5) is 41.5. The van der Waals surface area contributed by atoms with E-state index in [1.54, 1.807) is 24.3 Å². The van der Waals surface area contributed by atoms with E-state index in [4.69, 9.17) is 35.7 Å². The van der Waals surface area contributed by atoms with Crippen molar-refractivity contribution in [2.75, 3.05) is 26.6 Å². The first kappa shape index (κ1) is 72.6. The summed E-state index contributed by atoms with van der Waals surface area (Å²) in [6, 6.07) is 55.0. The van der Waals surface area contributed by atoms with E-state index in [0.717, 1.165) is 59.2 Å². The summed E-state index contributed by atoms with van der Waals surface area (Å²) < 4.78 is 0. The highest BCUT2D eigenvalue weighted by Crippen LogP contribution is 2.27. The first-order valence-corrected chi connectivity index (χ1v) is 36.3. The number of carboxylic acids is 2. The van der Waals surface area contributed by atoms with Crippen molar-refractivity contribution < 1.29 is 19.8 Å². The molecule has 10 N–H and O–H groups in total. The molecule has 6 aliphatic rings. The maximum atomic E-state index is 11.0. The van der Waals surface area contributed by atoms with Gasteiger partial charge in [0.25, 0.3) is 0 Å². The molecule has 6 fully saturated rings. The molecule has 0 aliphatic heterocycles. The highest BCUT2D eigenvalue weighted by atomic mass is 16.4. The summed E-state index contributed by atoms with van der Waals surface area (Å²) in [5.41, 5.74) is 7.20. The van der Waals surface area contributed by atoms with Crippen LogP contribution in [0.5, 0.6) is 0 Å². The molecule has 12 rings (SSSR count). The molecule has 0 spiro atoms. The van der Waals surface area contributed by atoms with Gasteiger partial charge in [-0.3, -0.25) is 0 Å². The molecule has 516 valence electrons. The Morgan fingerprint density at radius 1 is 0.316 bits per heavy atom. The van der Waals surface area contributed by atoms with Gasteiger partial charge in [-0.05, 0) is 198 Å². The fourth-order valence-corrected chi connectivity index (χ4v) is 13.4. The van der Waals surface area contributed by atoms with Crippen LogP contribution in [0.3, 0.4) is 0 Å². The number of benzene rings is 6. The minimum absolute atomic E-state index is 0.229. The number of anilines is 5. The molecular weight excluding hydrogens is 1220 g/mol. The molecule has 0 radical (unpaired) electrons. The van der Waals surface area contributed by atoms with Gasteiger partial charge < -0.3 is 52.7 Å². The number of para-hydroxylation sites is 2. The fraction of sp³-hybridized carbons (Fsp3) is 0.450. The monoisotopic (exact) mass is 1320 g/mol. The zero-order valence-corrected chi connectivity index (χ0v) is 57.1. The summed E-state index contributed by atoms with van der Waals surface area (Å²) in [5.74, 6) is 1.36. The molecule has 0 amide bonds. The number of aliphatic imine (C=N–C) groups is 4. The van der Waals surface area contributed by atoms with Crippen molar-refractivity contribution in [1.29, 1.82) is 10.5 Å². The van der Waals surface area contributed by atoms with Gasteiger partial charge in [0.2, 0.25) is 5.96 Å². The summed E-state index contributed by atoms with van der Waals surface area (Å²) in [5, 5.41) is 63.6. The Bertz CT molecular complexity index is 3380. The van der Waals surface area contributed by atoms with E-state index in [9.17, 15) is 9.59 Å². The van der Waals surface area contributed by atoms with E-state index in [1.165, 1.54) is 192 Å². The van der Waals surface area contributed by atoms with Crippen molar-refractivity contribution in [2.24, 2.45) is 20.0 Å². The Morgan fingerprint density at radius 2 is 0.571 bits per heavy atom. The van der Waals surface area contributed by atoms with Gasteiger partial charge in [0, 0.05) is 46.6 Å². The third-order valence-electron chi connectivity index (χ3n) is 18.9. The van der Waals surface area contributed by atoms with Gasteiger partial charge in [0.15, 0.2) is 17.9 Å². The second-order valence-electron chi connectivity index (χ2n) is 26.7. The zero-order valence-electron chi connectivity index (χ0n) is 57.1. The van der Waals surface area contributed by atoms with Crippen LogP contribution in [0, 0.1) is 22.7 Å². The van der Waals surface area contributed by atoms with Crippen molar-refractivity contribution in [3.8, 4) is 12.1 Å². The average molecular weight is 1320 g/mol. The summed E-state index contributed by atoms with van der Waals surface area (Å²) >= 11 is 0. The van der Waals surface area contributed by atoms with Gasteiger partial charge in [-0.15, -0.1) is 0 Å². The Hall–Kier alpha value is -9.68. The summed E-state index contributed by atoms with van der Waals surface area (Å²) in [6.07, 6.45) is 38.0. The number of nitrogens with zero attached hydrogens (tertiary/aromatic N) is 6. The maximum Gasteiger partial charge on any atom is 0.335 e. The van der Waals surface area contributed by atoms with Gasteiger partial charge >= 0.3 is 11.9 Å². The van der Waals surface area contributed by atoms with E-state index < -0.39 is 11.9 Å². The average Bonchev–Trinajstić information content (AvgIpc) is 1.12. The number of guanidine groups is 4.